The van der Waals surface area contributed by atoms with Crippen LogP contribution in [0, 0.1) is 4.77 Å². The molecule has 0 saturated heterocycles. The molecule has 0 saturated carbocycles. The molecule has 0 radical (unpaired) electrons. The van der Waals surface area contributed by atoms with Crippen molar-refractivity contribution in [1.82, 2.24) is 9.36 Å². The van der Waals surface area contributed by atoms with Gasteiger partial charge in [0.25, 0.3) is 5.82 Å². The van der Waals surface area contributed by atoms with Crippen molar-refractivity contribution in [3.63, 3.8) is 0 Å². The van der Waals surface area contributed by atoms with Gasteiger partial charge in [-0.3, -0.25) is 0 Å². The molecular weight excluding hydrogens is 719 g/mol. The molecule has 31 heavy (non-hydrogen) atoms. The predicted octanol–water partition coefficient (Wildman–Crippen LogP) is 9.24. The van der Waals surface area contributed by atoms with Crippen molar-refractivity contribution in [3.8, 4) is 17.1 Å². The maximum atomic E-state index is 6.42. The molecule has 14 heteroatoms. The fourth-order valence-corrected chi connectivity index (χ4v) is 4.03. The summed E-state index contributed by atoms with van der Waals surface area (Å²) in [6.45, 7) is 2.75. The second-order valence-corrected chi connectivity index (χ2v) is 64.7. The van der Waals surface area contributed by atoms with Crippen LogP contribution in [0.3, 0.4) is 0 Å². The van der Waals surface area contributed by atoms with Crippen molar-refractivity contribution in [1.29, 1.82) is 0 Å². The van der Waals surface area contributed by atoms with Crippen molar-refractivity contribution in [2.45, 2.75) is 13.5 Å². The van der Waals surface area contributed by atoms with Crippen LogP contribution in [0.1, 0.15) is 6.92 Å². The molecule has 3 nitrogen and oxygen atoms in total. The van der Waals surface area contributed by atoms with Gasteiger partial charge >= 0.3 is 66.9 Å². The molecule has 0 aliphatic rings. The van der Waals surface area contributed by atoms with Gasteiger partial charge in [-0.2, -0.15) is 0 Å². The quantitative estimate of drug-likeness (QED) is 0.149. The third kappa shape index (κ3) is 8.75. The Bertz CT molecular complexity index is 1140. The van der Waals surface area contributed by atoms with Gasteiger partial charge in [0, 0.05) is 5.02 Å². The third-order valence-corrected chi connectivity index (χ3v) is 5.04. The molecule has 0 spiro atoms. The van der Waals surface area contributed by atoms with Gasteiger partial charge in [-0.1, -0.05) is 57.7 Å². The minimum atomic E-state index is -5.42. The molecule has 3 rings (SSSR count). The Morgan fingerprint density at radius 1 is 0.903 bits per heavy atom. The third-order valence-electron chi connectivity index (χ3n) is 3.80. The van der Waals surface area contributed by atoms with Crippen LogP contribution < -0.4 is 4.57 Å². The number of halogens is 9. The summed E-state index contributed by atoms with van der Waals surface area (Å²) in [5.74, 6) is 0.977. The summed E-state index contributed by atoms with van der Waals surface area (Å²) < 4.78 is 6.47. The van der Waals surface area contributed by atoms with Crippen LogP contribution in [0.15, 0.2) is 42.5 Å². The van der Waals surface area contributed by atoms with Crippen LogP contribution in [0.4, 0.5) is 0 Å². The Labute approximate surface area is 220 Å². The maximum absolute atomic E-state index is 6.42. The Morgan fingerprint density at radius 2 is 1.35 bits per heavy atom. The second-order valence-electron chi connectivity index (χ2n) is 6.24. The van der Waals surface area contributed by atoms with E-state index in [0.717, 1.165) is 11.4 Å². The molecular formula is C17H15Cl9N3SSb. The molecule has 0 aliphatic heterocycles. The van der Waals surface area contributed by atoms with Crippen LogP contribution in [0.5, 0.6) is 0 Å². The molecule has 3 aromatic rings. The predicted molar refractivity (Wildman–Crippen MR) is 143 cm³/mol. The van der Waals surface area contributed by atoms with Crippen LogP contribution in [-0.4, -0.2) is 18.5 Å². The van der Waals surface area contributed by atoms with Crippen LogP contribution in [0.25, 0.3) is 17.1 Å². The summed E-state index contributed by atoms with van der Waals surface area (Å²) in [5, 5.41) is 1.40. The van der Waals surface area contributed by atoms with E-state index in [1.807, 2.05) is 46.6 Å². The van der Waals surface area contributed by atoms with Crippen LogP contribution >= 0.6 is 100.0 Å². The monoisotopic (exact) mass is 729 g/mol. The topological polar surface area (TPSA) is 13.7 Å². The molecule has 0 atom stereocenters. The van der Waals surface area contributed by atoms with Gasteiger partial charge in [0.15, 0.2) is 5.69 Å². The average Bonchev–Trinajstić information content (AvgIpc) is 2.83. The zero-order valence-electron chi connectivity index (χ0n) is 15.8. The summed E-state index contributed by atoms with van der Waals surface area (Å²) in [6.07, 6.45) is 0. The summed E-state index contributed by atoms with van der Waals surface area (Å²) in [7, 11) is 26.9. The summed E-state index contributed by atoms with van der Waals surface area (Å²) in [5.41, 5.74) is 1.69. The van der Waals surface area contributed by atoms with E-state index in [1.54, 1.807) is 12.1 Å². The standard InChI is InChI=1S/C17H15Cl3N3S.6ClH.Sb/c1-3-22-16(11-7-5-4-6-8-11)21(2)17(24)23(22)15-13(19)9-12(18)10-14(15)20;;;;;;;/h4-10H,3H2,1-2H3;6*1H;/q+1;;;;;;;+5/p-6. The first-order valence-corrected chi connectivity index (χ1v) is 29.3. The first-order valence-electron chi connectivity index (χ1n) is 8.39. The van der Waals surface area contributed by atoms with Crippen molar-refractivity contribution in [2.24, 2.45) is 7.05 Å². The Morgan fingerprint density at radius 3 is 1.77 bits per heavy atom. The van der Waals surface area contributed by atoms with E-state index in [2.05, 4.69) is 11.6 Å². The molecule has 0 fully saturated rings. The number of hydrogen-bond acceptors (Lipinski definition) is 1. The number of nitrogens with zero attached hydrogens (tertiary/aromatic N) is 3. The molecule has 0 amide bonds. The van der Waals surface area contributed by atoms with Gasteiger partial charge in [-0.25, -0.2) is 4.57 Å². The van der Waals surface area contributed by atoms with E-state index in [4.69, 9.17) is 100.0 Å². The zero-order valence-corrected chi connectivity index (χ0v) is 26.0. The molecule has 1 aromatic heterocycles. The van der Waals surface area contributed by atoms with E-state index < -0.39 is 9.14 Å². The van der Waals surface area contributed by atoms with Gasteiger partial charge in [0.2, 0.25) is 0 Å². The SMILES string of the molecule is CCn1c(-c2ccccc2)[n+](C)c(=S)n1-c1c(Cl)cc(Cl)cc1Cl.[Cl][Sb-]([Cl])([Cl])([Cl])([Cl])[Cl]. The first kappa shape index (κ1) is 28.5. The zero-order chi connectivity index (χ0) is 23.8. The van der Waals surface area contributed by atoms with E-state index in [0.29, 0.717) is 32.1 Å². The number of aromatic nitrogens is 3. The second kappa shape index (κ2) is 9.70. The van der Waals surface area contributed by atoms with Crippen molar-refractivity contribution < 1.29 is 4.57 Å². The minimum absolute atomic E-state index is 0.455. The van der Waals surface area contributed by atoms with Crippen molar-refractivity contribution >= 4 is 109 Å². The number of benzene rings is 2. The number of rotatable bonds is 3. The molecule has 1 heterocycles. The Balaban J connectivity index is 0.000000423. The molecule has 172 valence electrons. The molecule has 0 unspecified atom stereocenters. The summed E-state index contributed by atoms with van der Waals surface area (Å²) in [6, 6.07) is 13.4. The van der Waals surface area contributed by atoms with Gasteiger partial charge in [-0.15, -0.1) is 4.68 Å². The molecule has 0 bridgehead atoms. The fraction of sp³-hybridized carbons (Fsp3) is 0.176. The summed E-state index contributed by atoms with van der Waals surface area (Å²) >= 11 is 24.5. The first-order chi connectivity index (χ1) is 13.9. The normalized spacial score (nSPS) is 13.8. The van der Waals surface area contributed by atoms with Crippen LogP contribution in [-0.2, 0) is 13.6 Å². The Hall–Kier alpha value is 1.23. The summed E-state index contributed by atoms with van der Waals surface area (Å²) in [4.78, 5) is 0. The fourth-order valence-electron chi connectivity index (χ4n) is 2.78. The van der Waals surface area contributed by atoms with Gasteiger partial charge < -0.3 is 0 Å². The molecule has 0 N–H and O–H groups in total. The molecule has 2 aromatic carbocycles. The van der Waals surface area contributed by atoms with E-state index >= 15 is 0 Å². The Kier molecular flexibility index (Phi) is 8.91. The average molecular weight is 734 g/mol. The van der Waals surface area contributed by atoms with E-state index in [1.165, 1.54) is 0 Å². The van der Waals surface area contributed by atoms with Crippen molar-refractivity contribution in [2.75, 3.05) is 0 Å². The van der Waals surface area contributed by atoms with Gasteiger partial charge in [0.05, 0.1) is 29.2 Å². The van der Waals surface area contributed by atoms with E-state index in [9.17, 15) is 0 Å². The van der Waals surface area contributed by atoms with Gasteiger partial charge in [0.1, 0.15) is 0 Å². The van der Waals surface area contributed by atoms with Crippen LogP contribution in [0.2, 0.25) is 15.1 Å². The number of hydrogen-bond donors (Lipinski definition) is 0. The molecule has 0 aliphatic carbocycles. The van der Waals surface area contributed by atoms with E-state index in [-0.39, 0.29) is 0 Å². The van der Waals surface area contributed by atoms with Gasteiger partial charge in [-0.05, 0) is 43.4 Å². The van der Waals surface area contributed by atoms with Crippen molar-refractivity contribution in [3.05, 3.63) is 62.3 Å².